The Kier molecular flexibility index (Phi) is 5.16. The Bertz CT molecular complexity index is 1050. The van der Waals surface area contributed by atoms with Crippen molar-refractivity contribution >= 4 is 16.8 Å². The summed E-state index contributed by atoms with van der Waals surface area (Å²) < 4.78 is 84.3. The molecule has 0 fully saturated rings. The molecule has 0 unspecified atom stereocenters. The van der Waals surface area contributed by atoms with E-state index in [2.05, 4.69) is 6.58 Å². The van der Waals surface area contributed by atoms with Gasteiger partial charge >= 0.3 is 12.4 Å². The van der Waals surface area contributed by atoms with E-state index in [1.807, 2.05) is 0 Å². The summed E-state index contributed by atoms with van der Waals surface area (Å²) >= 11 is 0. The van der Waals surface area contributed by atoms with Crippen LogP contribution in [-0.2, 0) is 19.0 Å². The molecule has 0 amide bonds. The third-order valence-electron chi connectivity index (χ3n) is 4.13. The number of carbonyl (C=O) groups excluding carboxylic acids is 1. The second-order valence-electron chi connectivity index (χ2n) is 6.15. The standard InChI is InChI=1S/C20H13F6NO2/c1-2-18(28)27-6-5-13-9-16(3-4-17(13)27)29-11-12-7-14(19(21,22)23)10-15(8-12)20(24,25)26/h2-10H,1,11H2. The van der Waals surface area contributed by atoms with Crippen molar-refractivity contribution in [3.05, 3.63) is 78.0 Å². The Morgan fingerprint density at radius 2 is 1.59 bits per heavy atom. The van der Waals surface area contributed by atoms with Gasteiger partial charge in [-0.05, 0) is 54.1 Å². The summed E-state index contributed by atoms with van der Waals surface area (Å²) in [6.45, 7) is 2.90. The lowest BCUT2D eigenvalue weighted by Gasteiger charge is -2.14. The molecule has 0 aliphatic rings. The van der Waals surface area contributed by atoms with Crippen molar-refractivity contribution in [1.29, 1.82) is 0 Å². The van der Waals surface area contributed by atoms with Crippen LogP contribution >= 0.6 is 0 Å². The number of aromatic nitrogens is 1. The van der Waals surface area contributed by atoms with Gasteiger partial charge < -0.3 is 4.74 Å². The highest BCUT2D eigenvalue weighted by Gasteiger charge is 2.36. The van der Waals surface area contributed by atoms with Crippen LogP contribution < -0.4 is 4.74 Å². The van der Waals surface area contributed by atoms with Crippen LogP contribution in [0.25, 0.3) is 10.9 Å². The average molecular weight is 413 g/mol. The number of allylic oxidation sites excluding steroid dienone is 1. The molecular formula is C20H13F6NO2. The van der Waals surface area contributed by atoms with Gasteiger partial charge in [0.25, 0.3) is 5.91 Å². The van der Waals surface area contributed by atoms with Crippen molar-refractivity contribution in [3.8, 4) is 5.75 Å². The number of halogens is 6. The number of rotatable bonds is 4. The van der Waals surface area contributed by atoms with Crippen LogP contribution in [0, 0.1) is 0 Å². The Morgan fingerprint density at radius 1 is 0.966 bits per heavy atom. The van der Waals surface area contributed by atoms with E-state index in [9.17, 15) is 31.1 Å². The first kappa shape index (κ1) is 20.5. The maximum Gasteiger partial charge on any atom is 0.416 e. The second-order valence-corrected chi connectivity index (χ2v) is 6.15. The molecule has 3 nitrogen and oxygen atoms in total. The van der Waals surface area contributed by atoms with Gasteiger partial charge in [0.2, 0.25) is 0 Å². The van der Waals surface area contributed by atoms with E-state index in [1.54, 1.807) is 12.1 Å². The van der Waals surface area contributed by atoms with Gasteiger partial charge in [0, 0.05) is 11.6 Å². The number of benzene rings is 2. The van der Waals surface area contributed by atoms with Crippen LogP contribution in [0.3, 0.4) is 0 Å². The molecule has 0 bridgehead atoms. The Labute approximate surface area is 160 Å². The summed E-state index contributed by atoms with van der Waals surface area (Å²) in [5.41, 5.74) is -2.52. The van der Waals surface area contributed by atoms with Crippen LogP contribution in [0.5, 0.6) is 5.75 Å². The van der Waals surface area contributed by atoms with Gasteiger partial charge in [-0.25, -0.2) is 0 Å². The molecule has 0 aliphatic carbocycles. The van der Waals surface area contributed by atoms with E-state index in [0.29, 0.717) is 23.0 Å². The van der Waals surface area contributed by atoms with Crippen molar-refractivity contribution in [2.45, 2.75) is 19.0 Å². The number of hydrogen-bond acceptors (Lipinski definition) is 2. The SMILES string of the molecule is C=CC(=O)n1ccc2cc(OCc3cc(C(F)(F)F)cc(C(F)(F)F)c3)ccc21. The van der Waals surface area contributed by atoms with E-state index in [0.717, 1.165) is 6.08 Å². The normalized spacial score (nSPS) is 12.2. The molecule has 152 valence electrons. The minimum atomic E-state index is -4.92. The van der Waals surface area contributed by atoms with Crippen LogP contribution in [0.2, 0.25) is 0 Å². The molecule has 3 rings (SSSR count). The summed E-state index contributed by atoms with van der Waals surface area (Å²) in [6.07, 6.45) is -7.19. The van der Waals surface area contributed by atoms with Crippen LogP contribution in [-0.4, -0.2) is 10.5 Å². The molecular weight excluding hydrogens is 400 g/mol. The van der Waals surface area contributed by atoms with E-state index in [1.165, 1.54) is 22.9 Å². The third-order valence-corrected chi connectivity index (χ3v) is 4.13. The minimum absolute atomic E-state index is 0.0644. The molecule has 1 aromatic heterocycles. The zero-order chi connectivity index (χ0) is 21.4. The zero-order valence-corrected chi connectivity index (χ0v) is 14.6. The highest BCUT2D eigenvalue weighted by Crippen LogP contribution is 2.36. The van der Waals surface area contributed by atoms with Gasteiger partial charge in [0.05, 0.1) is 16.6 Å². The highest BCUT2D eigenvalue weighted by atomic mass is 19.4. The number of carbonyl (C=O) groups is 1. The molecule has 2 aromatic carbocycles. The summed E-state index contributed by atoms with van der Waals surface area (Å²) in [7, 11) is 0. The summed E-state index contributed by atoms with van der Waals surface area (Å²) in [6, 6.07) is 7.47. The van der Waals surface area contributed by atoms with Crippen molar-refractivity contribution in [2.24, 2.45) is 0 Å². The molecule has 9 heteroatoms. The number of nitrogens with zero attached hydrogens (tertiary/aromatic N) is 1. The van der Waals surface area contributed by atoms with Crippen molar-refractivity contribution in [1.82, 2.24) is 4.57 Å². The summed E-state index contributed by atoms with van der Waals surface area (Å²) in [5.74, 6) is -0.121. The molecule has 29 heavy (non-hydrogen) atoms. The van der Waals surface area contributed by atoms with Crippen molar-refractivity contribution in [2.75, 3.05) is 0 Å². The van der Waals surface area contributed by atoms with Gasteiger partial charge in [0.1, 0.15) is 12.4 Å². The smallest absolute Gasteiger partial charge is 0.416 e. The Morgan fingerprint density at radius 3 is 2.14 bits per heavy atom. The van der Waals surface area contributed by atoms with Gasteiger partial charge in [-0.15, -0.1) is 0 Å². The van der Waals surface area contributed by atoms with Gasteiger partial charge in [-0.2, -0.15) is 26.3 Å². The Hall–Kier alpha value is -3.23. The van der Waals surface area contributed by atoms with Gasteiger partial charge in [-0.3, -0.25) is 9.36 Å². The molecule has 3 aromatic rings. The molecule has 0 saturated heterocycles. The maximum absolute atomic E-state index is 12.9. The summed E-state index contributed by atoms with van der Waals surface area (Å²) in [4.78, 5) is 11.7. The fourth-order valence-electron chi connectivity index (χ4n) is 2.77. The van der Waals surface area contributed by atoms with Crippen molar-refractivity contribution in [3.63, 3.8) is 0 Å². The fraction of sp³-hybridized carbons (Fsp3) is 0.150. The monoisotopic (exact) mass is 413 g/mol. The molecule has 0 aliphatic heterocycles. The number of fused-ring (bicyclic) bond motifs is 1. The van der Waals surface area contributed by atoms with E-state index < -0.39 is 30.1 Å². The van der Waals surface area contributed by atoms with Gasteiger partial charge in [-0.1, -0.05) is 6.58 Å². The fourth-order valence-corrected chi connectivity index (χ4v) is 2.77. The second kappa shape index (κ2) is 7.31. The molecule has 0 atom stereocenters. The minimum Gasteiger partial charge on any atom is -0.489 e. The number of alkyl halides is 6. The lowest BCUT2D eigenvalue weighted by Crippen LogP contribution is -2.12. The van der Waals surface area contributed by atoms with Crippen LogP contribution in [0.1, 0.15) is 21.5 Å². The Balaban J connectivity index is 1.87. The lowest BCUT2D eigenvalue weighted by atomic mass is 10.1. The summed E-state index contributed by atoms with van der Waals surface area (Å²) in [5, 5.41) is 0.609. The van der Waals surface area contributed by atoms with E-state index in [4.69, 9.17) is 4.74 Å². The predicted octanol–water partition coefficient (Wildman–Crippen LogP) is 6.08. The maximum atomic E-state index is 12.9. The van der Waals surface area contributed by atoms with Gasteiger partial charge in [0.15, 0.2) is 0 Å². The topological polar surface area (TPSA) is 31.2 Å². The number of hydrogen-bond donors (Lipinski definition) is 0. The van der Waals surface area contributed by atoms with Crippen LogP contribution in [0.4, 0.5) is 26.3 Å². The first-order valence-corrected chi connectivity index (χ1v) is 8.18. The van der Waals surface area contributed by atoms with Crippen molar-refractivity contribution < 1.29 is 35.9 Å². The van der Waals surface area contributed by atoms with E-state index >= 15 is 0 Å². The van der Waals surface area contributed by atoms with Crippen LogP contribution in [0.15, 0.2) is 61.3 Å². The zero-order valence-electron chi connectivity index (χ0n) is 14.6. The van der Waals surface area contributed by atoms with E-state index in [-0.39, 0.29) is 23.3 Å². The predicted molar refractivity (Wildman–Crippen MR) is 93.5 cm³/mol. The first-order valence-electron chi connectivity index (χ1n) is 8.18. The molecule has 0 N–H and O–H groups in total. The highest BCUT2D eigenvalue weighted by molar-refractivity contribution is 5.98. The largest absolute Gasteiger partial charge is 0.489 e. The first-order chi connectivity index (χ1) is 13.5. The average Bonchev–Trinajstić information content (AvgIpc) is 3.07. The molecule has 1 heterocycles. The quantitative estimate of drug-likeness (QED) is 0.383. The number of ether oxygens (including phenoxy) is 1. The molecule has 0 spiro atoms. The lowest BCUT2D eigenvalue weighted by molar-refractivity contribution is -0.143. The molecule has 0 saturated carbocycles. The molecule has 0 radical (unpaired) electrons. The third kappa shape index (κ3) is 4.44.